The second-order valence-corrected chi connectivity index (χ2v) is 7.02. The Morgan fingerprint density at radius 3 is 2.59 bits per heavy atom. The molecule has 7 heteroatoms. The molecule has 0 aliphatic carbocycles. The number of carbonyl (C=O) groups excluding carboxylic acids is 2. The van der Waals surface area contributed by atoms with Crippen LogP contribution in [0.2, 0.25) is 0 Å². The van der Waals surface area contributed by atoms with Crippen LogP contribution >= 0.6 is 0 Å². The van der Waals surface area contributed by atoms with Gasteiger partial charge in [0.15, 0.2) is 0 Å². The minimum Gasteiger partial charge on any atom is -0.497 e. The summed E-state index contributed by atoms with van der Waals surface area (Å²) >= 11 is 0. The third-order valence-corrected chi connectivity index (χ3v) is 5.12. The van der Waals surface area contributed by atoms with E-state index in [0.29, 0.717) is 48.5 Å². The summed E-state index contributed by atoms with van der Waals surface area (Å²) in [6, 6.07) is 14.6. The van der Waals surface area contributed by atoms with Crippen LogP contribution in [0.5, 0.6) is 5.75 Å². The highest BCUT2D eigenvalue weighted by Crippen LogP contribution is 2.17. The van der Waals surface area contributed by atoms with Crippen molar-refractivity contribution in [2.45, 2.75) is 18.9 Å². The highest BCUT2D eigenvalue weighted by molar-refractivity contribution is 5.95. The molecule has 1 saturated heterocycles. The van der Waals surface area contributed by atoms with Gasteiger partial charge in [-0.2, -0.15) is 0 Å². The van der Waals surface area contributed by atoms with Crippen molar-refractivity contribution in [3.8, 4) is 5.75 Å². The number of ether oxygens (including phenoxy) is 1. The molecule has 0 bridgehead atoms. The largest absolute Gasteiger partial charge is 0.497 e. The maximum Gasteiger partial charge on any atom is 0.274 e. The molecule has 1 N–H and O–H groups in total. The summed E-state index contributed by atoms with van der Waals surface area (Å²) in [5.74, 6) is 0.393. The first kappa shape index (κ1) is 18.9. The van der Waals surface area contributed by atoms with E-state index in [2.05, 4.69) is 15.3 Å². The fourth-order valence-corrected chi connectivity index (χ4v) is 3.48. The third kappa shape index (κ3) is 4.18. The molecule has 0 radical (unpaired) electrons. The molecular formula is C22H22N4O3. The molecule has 1 aliphatic rings. The highest BCUT2D eigenvalue weighted by atomic mass is 16.5. The van der Waals surface area contributed by atoms with E-state index >= 15 is 0 Å². The van der Waals surface area contributed by atoms with Gasteiger partial charge in [-0.05, 0) is 43.2 Å². The van der Waals surface area contributed by atoms with Crippen molar-refractivity contribution in [1.82, 2.24) is 20.2 Å². The van der Waals surface area contributed by atoms with Crippen molar-refractivity contribution >= 4 is 22.8 Å². The van der Waals surface area contributed by atoms with Crippen LogP contribution < -0.4 is 10.1 Å². The zero-order valence-electron chi connectivity index (χ0n) is 16.2. The SMILES string of the molecule is COc1cccc(C(=O)NC2CCN(C(=O)c3cnc4ccccc4n3)CC2)c1. The summed E-state index contributed by atoms with van der Waals surface area (Å²) in [5.41, 5.74) is 2.39. The lowest BCUT2D eigenvalue weighted by atomic mass is 10.0. The van der Waals surface area contributed by atoms with Crippen LogP contribution in [0.25, 0.3) is 11.0 Å². The molecule has 7 nitrogen and oxygen atoms in total. The molecule has 2 amide bonds. The Bertz CT molecular complexity index is 1040. The van der Waals surface area contributed by atoms with Gasteiger partial charge in [-0.1, -0.05) is 18.2 Å². The van der Waals surface area contributed by atoms with Gasteiger partial charge in [0.1, 0.15) is 11.4 Å². The van der Waals surface area contributed by atoms with E-state index in [1.54, 1.807) is 36.3 Å². The van der Waals surface area contributed by atoms with Crippen molar-refractivity contribution in [1.29, 1.82) is 0 Å². The van der Waals surface area contributed by atoms with Crippen LogP contribution in [0.3, 0.4) is 0 Å². The first-order valence-corrected chi connectivity index (χ1v) is 9.60. The molecule has 3 aromatic rings. The fourth-order valence-electron chi connectivity index (χ4n) is 3.48. The highest BCUT2D eigenvalue weighted by Gasteiger charge is 2.26. The topological polar surface area (TPSA) is 84.4 Å². The first-order valence-electron chi connectivity index (χ1n) is 9.60. The molecule has 148 valence electrons. The Morgan fingerprint density at radius 1 is 1.07 bits per heavy atom. The van der Waals surface area contributed by atoms with Crippen LogP contribution in [0.15, 0.2) is 54.7 Å². The normalized spacial score (nSPS) is 14.6. The lowest BCUT2D eigenvalue weighted by Gasteiger charge is -2.32. The molecule has 1 aromatic heterocycles. The van der Waals surface area contributed by atoms with Crippen molar-refractivity contribution in [2.75, 3.05) is 20.2 Å². The first-order chi connectivity index (χ1) is 14.1. The van der Waals surface area contributed by atoms with E-state index in [0.717, 1.165) is 5.52 Å². The van der Waals surface area contributed by atoms with Crippen LogP contribution in [0.1, 0.15) is 33.7 Å². The number of fused-ring (bicyclic) bond motifs is 1. The van der Waals surface area contributed by atoms with Gasteiger partial charge in [-0.3, -0.25) is 14.6 Å². The number of piperidine rings is 1. The monoisotopic (exact) mass is 390 g/mol. The summed E-state index contributed by atoms with van der Waals surface area (Å²) < 4.78 is 5.17. The number of nitrogens with zero attached hydrogens (tertiary/aromatic N) is 3. The Balaban J connectivity index is 1.35. The average Bonchev–Trinajstić information content (AvgIpc) is 2.78. The predicted octanol–water partition coefficient (Wildman–Crippen LogP) is 2.67. The summed E-state index contributed by atoms with van der Waals surface area (Å²) in [5, 5.41) is 3.05. The number of hydrogen-bond donors (Lipinski definition) is 1. The molecular weight excluding hydrogens is 368 g/mol. The van der Waals surface area contributed by atoms with E-state index in [1.165, 1.54) is 6.20 Å². The van der Waals surface area contributed by atoms with Crippen molar-refractivity contribution < 1.29 is 14.3 Å². The Morgan fingerprint density at radius 2 is 1.83 bits per heavy atom. The lowest BCUT2D eigenvalue weighted by Crippen LogP contribution is -2.46. The van der Waals surface area contributed by atoms with Gasteiger partial charge in [0.25, 0.3) is 11.8 Å². The molecule has 2 aromatic carbocycles. The van der Waals surface area contributed by atoms with Gasteiger partial charge in [0.05, 0.1) is 24.3 Å². The molecule has 1 fully saturated rings. The van der Waals surface area contributed by atoms with Crippen LogP contribution in [0, 0.1) is 0 Å². The number of methoxy groups -OCH3 is 1. The molecule has 4 rings (SSSR count). The third-order valence-electron chi connectivity index (χ3n) is 5.12. The zero-order chi connectivity index (χ0) is 20.2. The second kappa shape index (κ2) is 8.26. The summed E-state index contributed by atoms with van der Waals surface area (Å²) in [4.78, 5) is 35.8. The minimum absolute atomic E-state index is 0.0282. The maximum absolute atomic E-state index is 12.8. The summed E-state index contributed by atoms with van der Waals surface area (Å²) in [7, 11) is 1.57. The predicted molar refractivity (Wildman–Crippen MR) is 109 cm³/mol. The van der Waals surface area contributed by atoms with E-state index in [9.17, 15) is 9.59 Å². The number of nitrogens with one attached hydrogen (secondary N) is 1. The Hall–Kier alpha value is -3.48. The lowest BCUT2D eigenvalue weighted by molar-refractivity contribution is 0.0692. The van der Waals surface area contributed by atoms with Gasteiger partial charge in [-0.25, -0.2) is 4.98 Å². The van der Waals surface area contributed by atoms with E-state index in [1.807, 2.05) is 24.3 Å². The number of amides is 2. The standard InChI is InChI=1S/C22H22N4O3/c1-29-17-6-4-5-15(13-17)21(27)24-16-9-11-26(12-10-16)22(28)20-14-23-18-7-2-3-8-19(18)25-20/h2-8,13-14,16H,9-12H2,1H3,(H,24,27). The van der Waals surface area contributed by atoms with Crippen LogP contribution in [-0.4, -0.2) is 52.9 Å². The van der Waals surface area contributed by atoms with E-state index < -0.39 is 0 Å². The van der Waals surface area contributed by atoms with Gasteiger partial charge in [0.2, 0.25) is 0 Å². The summed E-state index contributed by atoms with van der Waals surface area (Å²) in [6.45, 7) is 1.13. The van der Waals surface area contributed by atoms with E-state index in [-0.39, 0.29) is 17.9 Å². The van der Waals surface area contributed by atoms with Gasteiger partial charge >= 0.3 is 0 Å². The number of benzene rings is 2. The molecule has 0 spiro atoms. The number of likely N-dealkylation sites (tertiary alicyclic amines) is 1. The van der Waals surface area contributed by atoms with Gasteiger partial charge < -0.3 is 15.0 Å². The quantitative estimate of drug-likeness (QED) is 0.740. The molecule has 1 aliphatic heterocycles. The number of para-hydroxylation sites is 2. The van der Waals surface area contributed by atoms with Crippen molar-refractivity contribution in [3.63, 3.8) is 0 Å². The maximum atomic E-state index is 12.8. The Labute approximate surface area is 168 Å². The zero-order valence-corrected chi connectivity index (χ0v) is 16.2. The van der Waals surface area contributed by atoms with E-state index in [4.69, 9.17) is 4.74 Å². The second-order valence-electron chi connectivity index (χ2n) is 7.02. The number of rotatable bonds is 4. The van der Waals surface area contributed by atoms with Crippen LogP contribution in [0.4, 0.5) is 0 Å². The minimum atomic E-state index is -0.130. The van der Waals surface area contributed by atoms with Crippen LogP contribution in [-0.2, 0) is 0 Å². The molecule has 2 heterocycles. The van der Waals surface area contributed by atoms with Crippen molar-refractivity contribution in [2.24, 2.45) is 0 Å². The van der Waals surface area contributed by atoms with Gasteiger partial charge in [-0.15, -0.1) is 0 Å². The molecule has 0 atom stereocenters. The van der Waals surface area contributed by atoms with Gasteiger partial charge in [0, 0.05) is 24.7 Å². The average molecular weight is 390 g/mol. The fraction of sp³-hybridized carbons (Fsp3) is 0.273. The molecule has 0 unspecified atom stereocenters. The smallest absolute Gasteiger partial charge is 0.274 e. The Kier molecular flexibility index (Phi) is 5.37. The molecule has 0 saturated carbocycles. The number of carbonyl (C=O) groups is 2. The van der Waals surface area contributed by atoms with Crippen molar-refractivity contribution in [3.05, 3.63) is 66.0 Å². The molecule has 29 heavy (non-hydrogen) atoms. The number of aromatic nitrogens is 2. The summed E-state index contributed by atoms with van der Waals surface area (Å²) in [6.07, 6.45) is 2.92. The number of hydrogen-bond acceptors (Lipinski definition) is 5.